The first-order valence-corrected chi connectivity index (χ1v) is 16.1. The number of halogens is 2. The second-order valence-corrected chi connectivity index (χ2v) is 12.6. The number of aromatic nitrogens is 2. The summed E-state index contributed by atoms with van der Waals surface area (Å²) in [5.74, 6) is 1.15. The number of hydrogen-bond acceptors (Lipinski definition) is 4. The molecule has 6 rings (SSSR count). The van der Waals surface area contributed by atoms with Gasteiger partial charge in [-0.05, 0) is 81.2 Å². The third kappa shape index (κ3) is 6.33. The molecule has 0 spiro atoms. The summed E-state index contributed by atoms with van der Waals surface area (Å²) in [5, 5.41) is 1.13. The summed E-state index contributed by atoms with van der Waals surface area (Å²) >= 11 is 12.8. The second-order valence-electron chi connectivity index (χ2n) is 11.8. The van der Waals surface area contributed by atoms with Crippen molar-refractivity contribution in [3.8, 4) is 0 Å². The fraction of sp³-hybridized carbons (Fsp3) is 0.371. The number of anilines is 1. The molecule has 6 nitrogen and oxygen atoms in total. The monoisotopic (exact) mass is 615 g/mol. The minimum Gasteiger partial charge on any atom is -0.341 e. The summed E-state index contributed by atoms with van der Waals surface area (Å²) in [5.41, 5.74) is 3.95. The van der Waals surface area contributed by atoms with Gasteiger partial charge in [0.15, 0.2) is 0 Å². The molecule has 0 bridgehead atoms. The van der Waals surface area contributed by atoms with Gasteiger partial charge in [0.2, 0.25) is 5.95 Å². The van der Waals surface area contributed by atoms with Gasteiger partial charge in [-0.25, -0.2) is 4.98 Å². The number of rotatable bonds is 8. The number of benzene rings is 3. The Balaban J connectivity index is 1.18. The zero-order chi connectivity index (χ0) is 29.8. The molecule has 224 valence electrons. The topological polar surface area (TPSA) is 44.6 Å². The lowest BCUT2D eigenvalue weighted by molar-refractivity contribution is 0.0781. The lowest BCUT2D eigenvalue weighted by atomic mass is 9.76. The summed E-state index contributed by atoms with van der Waals surface area (Å²) in [4.78, 5) is 25.5. The van der Waals surface area contributed by atoms with Crippen LogP contribution in [0, 0.1) is 0 Å². The number of carbonyl (C=O) groups is 1. The van der Waals surface area contributed by atoms with E-state index < -0.39 is 0 Å². The Morgan fingerprint density at radius 1 is 0.930 bits per heavy atom. The molecular weight excluding hydrogens is 577 g/mol. The standard InChI is InChI=1S/C35H39Cl2N5O/c1-2-3-20-42-32-13-8-7-12-31(32)38-34(42)40-19-9-18-39(23-24-40)21-16-35(28-14-15-29(36)30(37)25-28)17-22-41(26-35)33(43)27-10-5-4-6-11-27/h2-8,10-15,25H,9,16-24,26H2,1H3/b3-2+. The molecule has 1 atom stereocenters. The maximum absolute atomic E-state index is 13.4. The highest BCUT2D eigenvalue weighted by Crippen LogP contribution is 2.41. The van der Waals surface area contributed by atoms with Crippen molar-refractivity contribution in [3.05, 3.63) is 106 Å². The molecule has 4 aromatic rings. The van der Waals surface area contributed by atoms with Crippen LogP contribution in [0.4, 0.5) is 5.95 Å². The van der Waals surface area contributed by atoms with Crippen molar-refractivity contribution in [1.29, 1.82) is 0 Å². The molecule has 0 N–H and O–H groups in total. The van der Waals surface area contributed by atoms with Crippen molar-refractivity contribution in [1.82, 2.24) is 19.4 Å². The Morgan fingerprint density at radius 3 is 2.56 bits per heavy atom. The molecule has 1 aromatic heterocycles. The number of allylic oxidation sites excluding steroid dienone is 2. The maximum atomic E-state index is 13.4. The van der Waals surface area contributed by atoms with E-state index in [0.717, 1.165) is 82.1 Å². The summed E-state index contributed by atoms with van der Waals surface area (Å²) in [7, 11) is 0. The molecule has 0 aliphatic carbocycles. The van der Waals surface area contributed by atoms with Crippen molar-refractivity contribution in [3.63, 3.8) is 0 Å². The van der Waals surface area contributed by atoms with Gasteiger partial charge in [-0.15, -0.1) is 0 Å². The van der Waals surface area contributed by atoms with Crippen molar-refractivity contribution in [2.75, 3.05) is 50.7 Å². The number of carbonyl (C=O) groups excluding carboxylic acids is 1. The molecule has 2 saturated heterocycles. The van der Waals surface area contributed by atoms with Crippen LogP contribution in [0.2, 0.25) is 10.0 Å². The number of fused-ring (bicyclic) bond motifs is 1. The van der Waals surface area contributed by atoms with Crippen LogP contribution in [0.25, 0.3) is 11.0 Å². The van der Waals surface area contributed by atoms with Crippen molar-refractivity contribution >= 4 is 46.1 Å². The van der Waals surface area contributed by atoms with E-state index in [1.807, 2.05) is 47.4 Å². The number of hydrogen-bond donors (Lipinski definition) is 0. The van der Waals surface area contributed by atoms with Gasteiger partial charge in [0.25, 0.3) is 5.91 Å². The fourth-order valence-electron chi connectivity index (χ4n) is 6.68. The first kappa shape index (κ1) is 29.7. The SMILES string of the molecule is C/C=C/Cn1c(N2CCCN(CCC3(c4ccc(Cl)c(Cl)c4)CCN(C(=O)c4ccccc4)C3)CC2)nc2ccccc21. The highest BCUT2D eigenvalue weighted by atomic mass is 35.5. The molecule has 2 aliphatic heterocycles. The molecule has 1 amide bonds. The summed E-state index contributed by atoms with van der Waals surface area (Å²) < 4.78 is 2.33. The number of likely N-dealkylation sites (tertiary alicyclic amines) is 1. The summed E-state index contributed by atoms with van der Waals surface area (Å²) in [6.07, 6.45) is 7.22. The van der Waals surface area contributed by atoms with Gasteiger partial charge in [-0.3, -0.25) is 4.79 Å². The van der Waals surface area contributed by atoms with Crippen molar-refractivity contribution < 1.29 is 4.79 Å². The van der Waals surface area contributed by atoms with E-state index in [2.05, 4.69) is 63.8 Å². The third-order valence-corrected chi connectivity index (χ3v) is 9.87. The lowest BCUT2D eigenvalue weighted by Crippen LogP contribution is -2.39. The second kappa shape index (κ2) is 13.1. The first-order chi connectivity index (χ1) is 21.0. The zero-order valence-corrected chi connectivity index (χ0v) is 26.3. The van der Waals surface area contributed by atoms with Gasteiger partial charge < -0.3 is 19.3 Å². The molecule has 2 fully saturated rings. The van der Waals surface area contributed by atoms with Crippen LogP contribution >= 0.6 is 23.2 Å². The van der Waals surface area contributed by atoms with E-state index >= 15 is 0 Å². The largest absolute Gasteiger partial charge is 0.341 e. The molecule has 43 heavy (non-hydrogen) atoms. The van der Waals surface area contributed by atoms with Gasteiger partial charge in [0, 0.05) is 50.2 Å². The molecule has 2 aliphatic rings. The average molecular weight is 617 g/mol. The van der Waals surface area contributed by atoms with Crippen molar-refractivity contribution in [2.24, 2.45) is 0 Å². The normalized spacial score (nSPS) is 19.9. The number of imidazole rings is 1. The van der Waals surface area contributed by atoms with E-state index in [1.165, 1.54) is 11.1 Å². The molecule has 1 unspecified atom stereocenters. The van der Waals surface area contributed by atoms with Crippen LogP contribution < -0.4 is 4.90 Å². The Morgan fingerprint density at radius 2 is 1.74 bits per heavy atom. The quantitative estimate of drug-likeness (QED) is 0.195. The van der Waals surface area contributed by atoms with Gasteiger partial charge in [0.1, 0.15) is 0 Å². The number of para-hydroxylation sites is 2. The average Bonchev–Trinajstić information content (AvgIpc) is 3.55. The van der Waals surface area contributed by atoms with E-state index in [0.29, 0.717) is 16.6 Å². The van der Waals surface area contributed by atoms with Gasteiger partial charge in [0.05, 0.1) is 21.1 Å². The maximum Gasteiger partial charge on any atom is 0.253 e. The Labute approximate surface area is 264 Å². The summed E-state index contributed by atoms with van der Waals surface area (Å²) in [6, 6.07) is 24.0. The predicted octanol–water partition coefficient (Wildman–Crippen LogP) is 7.31. The minimum absolute atomic E-state index is 0.0914. The van der Waals surface area contributed by atoms with Crippen molar-refractivity contribution in [2.45, 2.75) is 38.1 Å². The van der Waals surface area contributed by atoms with Crippen LogP contribution in [0.15, 0.2) is 84.9 Å². The molecule has 0 radical (unpaired) electrons. The Kier molecular flexibility index (Phi) is 9.08. The first-order valence-electron chi connectivity index (χ1n) is 15.3. The van der Waals surface area contributed by atoms with Crippen LogP contribution in [0.5, 0.6) is 0 Å². The highest BCUT2D eigenvalue weighted by molar-refractivity contribution is 6.42. The lowest BCUT2D eigenvalue weighted by Gasteiger charge is -2.33. The third-order valence-electron chi connectivity index (χ3n) is 9.13. The minimum atomic E-state index is -0.175. The molecular formula is C35H39Cl2N5O. The van der Waals surface area contributed by atoms with Crippen LogP contribution in [-0.4, -0.2) is 71.1 Å². The predicted molar refractivity (Wildman–Crippen MR) is 178 cm³/mol. The van der Waals surface area contributed by atoms with Crippen LogP contribution in [0.1, 0.15) is 42.1 Å². The Bertz CT molecular complexity index is 1600. The van der Waals surface area contributed by atoms with Gasteiger partial charge in [-0.1, -0.05) is 71.8 Å². The van der Waals surface area contributed by atoms with Gasteiger partial charge >= 0.3 is 0 Å². The highest BCUT2D eigenvalue weighted by Gasteiger charge is 2.42. The molecule has 8 heteroatoms. The molecule has 3 heterocycles. The molecule has 3 aromatic carbocycles. The van der Waals surface area contributed by atoms with E-state index in [9.17, 15) is 4.79 Å². The van der Waals surface area contributed by atoms with Gasteiger partial charge in [-0.2, -0.15) is 0 Å². The van der Waals surface area contributed by atoms with E-state index in [-0.39, 0.29) is 11.3 Å². The number of nitrogens with zero attached hydrogens (tertiary/aromatic N) is 5. The van der Waals surface area contributed by atoms with Crippen LogP contribution in [-0.2, 0) is 12.0 Å². The fourth-order valence-corrected chi connectivity index (χ4v) is 6.98. The molecule has 0 saturated carbocycles. The Hall–Kier alpha value is -3.32. The van der Waals surface area contributed by atoms with E-state index in [4.69, 9.17) is 28.2 Å². The summed E-state index contributed by atoms with van der Waals surface area (Å²) in [6.45, 7) is 9.15. The zero-order valence-electron chi connectivity index (χ0n) is 24.8. The number of amides is 1. The van der Waals surface area contributed by atoms with Crippen LogP contribution in [0.3, 0.4) is 0 Å². The smallest absolute Gasteiger partial charge is 0.253 e. The van der Waals surface area contributed by atoms with E-state index in [1.54, 1.807) is 0 Å².